The molecule has 2 aliphatic rings. The molecule has 0 amide bonds. The Balaban J connectivity index is 1.81. The number of methoxy groups -OCH3 is 1. The molecule has 1 aromatic rings. The molecule has 2 saturated carbocycles. The van der Waals surface area contributed by atoms with Crippen molar-refractivity contribution in [3.8, 4) is 5.75 Å². The van der Waals surface area contributed by atoms with Gasteiger partial charge in [-0.15, -0.1) is 0 Å². The highest BCUT2D eigenvalue weighted by Gasteiger charge is 2.37. The molecule has 0 aromatic heterocycles. The Morgan fingerprint density at radius 1 is 1.30 bits per heavy atom. The van der Waals surface area contributed by atoms with Crippen LogP contribution >= 0.6 is 0 Å². The summed E-state index contributed by atoms with van der Waals surface area (Å²) >= 11 is 0. The largest absolute Gasteiger partial charge is 0.496 e. The van der Waals surface area contributed by atoms with Gasteiger partial charge in [-0.1, -0.05) is 12.1 Å². The van der Waals surface area contributed by atoms with Crippen molar-refractivity contribution >= 4 is 0 Å². The topological polar surface area (TPSA) is 38.5 Å². The Labute approximate surface area is 122 Å². The molecule has 0 heterocycles. The normalized spacial score (nSPS) is 20.2. The number of benzene rings is 1. The first kappa shape index (κ1) is 13.9. The van der Waals surface area contributed by atoms with Crippen molar-refractivity contribution in [1.29, 1.82) is 0 Å². The second kappa shape index (κ2) is 5.74. The predicted molar refractivity (Wildman–Crippen MR) is 82.0 cm³/mol. The summed E-state index contributed by atoms with van der Waals surface area (Å²) in [5.74, 6) is 1.88. The highest BCUT2D eigenvalue weighted by Crippen LogP contribution is 2.39. The van der Waals surface area contributed by atoms with E-state index in [4.69, 9.17) is 10.5 Å². The number of aryl methyl sites for hydroxylation is 1. The van der Waals surface area contributed by atoms with Crippen LogP contribution < -0.4 is 10.5 Å². The molecule has 1 aromatic carbocycles. The third kappa shape index (κ3) is 2.99. The van der Waals surface area contributed by atoms with Crippen molar-refractivity contribution in [2.45, 2.75) is 44.7 Å². The average molecular weight is 274 g/mol. The Morgan fingerprint density at radius 2 is 2.05 bits per heavy atom. The summed E-state index contributed by atoms with van der Waals surface area (Å²) in [5, 5.41) is 0. The maximum absolute atomic E-state index is 6.12. The van der Waals surface area contributed by atoms with Gasteiger partial charge >= 0.3 is 0 Å². The van der Waals surface area contributed by atoms with Gasteiger partial charge in [-0.3, -0.25) is 4.90 Å². The number of ether oxygens (including phenoxy) is 1. The van der Waals surface area contributed by atoms with Crippen molar-refractivity contribution in [2.75, 3.05) is 20.2 Å². The van der Waals surface area contributed by atoms with E-state index in [-0.39, 0.29) is 0 Å². The van der Waals surface area contributed by atoms with E-state index >= 15 is 0 Å². The van der Waals surface area contributed by atoms with Gasteiger partial charge in [-0.05, 0) is 55.7 Å². The molecule has 2 fully saturated rings. The molecule has 0 radical (unpaired) electrons. The fraction of sp³-hybridized carbons (Fsp3) is 0.647. The molecule has 3 nitrogen and oxygen atoms in total. The van der Waals surface area contributed by atoms with Crippen molar-refractivity contribution in [3.05, 3.63) is 29.3 Å². The molecule has 3 heteroatoms. The average Bonchev–Trinajstić information content (AvgIpc) is 3.32. The van der Waals surface area contributed by atoms with Crippen molar-refractivity contribution in [1.82, 2.24) is 4.90 Å². The first-order valence-corrected chi connectivity index (χ1v) is 7.83. The Hall–Kier alpha value is -1.06. The summed E-state index contributed by atoms with van der Waals surface area (Å²) in [5.41, 5.74) is 8.66. The van der Waals surface area contributed by atoms with E-state index in [9.17, 15) is 0 Å². The van der Waals surface area contributed by atoms with Crippen LogP contribution in [0.1, 0.15) is 42.9 Å². The Bertz CT molecular complexity index is 466. The zero-order chi connectivity index (χ0) is 14.1. The summed E-state index contributed by atoms with van der Waals surface area (Å²) in [7, 11) is 1.73. The molecule has 0 bridgehead atoms. The molecule has 2 aliphatic carbocycles. The van der Waals surface area contributed by atoms with E-state index in [2.05, 4.69) is 30.0 Å². The predicted octanol–water partition coefficient (Wildman–Crippen LogP) is 2.88. The Morgan fingerprint density at radius 3 is 2.55 bits per heavy atom. The van der Waals surface area contributed by atoms with E-state index in [1.54, 1.807) is 7.11 Å². The van der Waals surface area contributed by atoms with Gasteiger partial charge in [-0.25, -0.2) is 0 Å². The monoisotopic (exact) mass is 274 g/mol. The standard InChI is InChI=1S/C17H26N2O/c1-12-9-14(5-8-17(12)20-2)16(10-18)19(15-6-7-15)11-13-3-4-13/h5,8-9,13,15-16H,3-4,6-7,10-11,18H2,1-2H3. The van der Waals surface area contributed by atoms with E-state index in [0.29, 0.717) is 12.6 Å². The number of nitrogens with two attached hydrogens (primary N) is 1. The molecule has 3 rings (SSSR count). The number of hydrogen-bond donors (Lipinski definition) is 1. The SMILES string of the molecule is COc1ccc(C(CN)N(CC2CC2)C2CC2)cc1C. The molecular formula is C17H26N2O. The molecule has 0 aliphatic heterocycles. The molecule has 1 atom stereocenters. The third-order valence-corrected chi connectivity index (χ3v) is 4.61. The van der Waals surface area contributed by atoms with Crippen LogP contribution in [0.5, 0.6) is 5.75 Å². The van der Waals surface area contributed by atoms with Crippen LogP contribution in [-0.4, -0.2) is 31.1 Å². The lowest BCUT2D eigenvalue weighted by molar-refractivity contribution is 0.182. The lowest BCUT2D eigenvalue weighted by Crippen LogP contribution is -2.37. The fourth-order valence-corrected chi connectivity index (χ4v) is 3.11. The molecule has 0 saturated heterocycles. The van der Waals surface area contributed by atoms with Crippen LogP contribution in [0.2, 0.25) is 0 Å². The van der Waals surface area contributed by atoms with Gasteiger partial charge in [0.15, 0.2) is 0 Å². The van der Waals surface area contributed by atoms with Crippen molar-refractivity contribution < 1.29 is 4.74 Å². The van der Waals surface area contributed by atoms with E-state index in [1.807, 2.05) is 0 Å². The van der Waals surface area contributed by atoms with Crippen molar-refractivity contribution in [2.24, 2.45) is 11.7 Å². The summed E-state index contributed by atoms with van der Waals surface area (Å²) in [6, 6.07) is 7.65. The summed E-state index contributed by atoms with van der Waals surface area (Å²) in [4.78, 5) is 2.67. The second-order valence-electron chi connectivity index (χ2n) is 6.35. The zero-order valence-corrected chi connectivity index (χ0v) is 12.6. The lowest BCUT2D eigenvalue weighted by Gasteiger charge is -2.32. The van der Waals surface area contributed by atoms with Crippen LogP contribution in [-0.2, 0) is 0 Å². The molecule has 2 N–H and O–H groups in total. The zero-order valence-electron chi connectivity index (χ0n) is 12.6. The molecule has 20 heavy (non-hydrogen) atoms. The van der Waals surface area contributed by atoms with Crippen LogP contribution in [0.25, 0.3) is 0 Å². The van der Waals surface area contributed by atoms with Gasteiger partial charge < -0.3 is 10.5 Å². The highest BCUT2D eigenvalue weighted by molar-refractivity contribution is 5.37. The molecule has 1 unspecified atom stereocenters. The lowest BCUT2D eigenvalue weighted by atomic mass is 10.0. The minimum Gasteiger partial charge on any atom is -0.496 e. The summed E-state index contributed by atoms with van der Waals surface area (Å²) in [6.45, 7) is 4.05. The molecule has 0 spiro atoms. The first-order chi connectivity index (χ1) is 9.72. The third-order valence-electron chi connectivity index (χ3n) is 4.61. The fourth-order valence-electron chi connectivity index (χ4n) is 3.11. The maximum atomic E-state index is 6.12. The van der Waals surface area contributed by atoms with Gasteiger partial charge in [0, 0.05) is 25.2 Å². The van der Waals surface area contributed by atoms with Crippen LogP contribution in [0.3, 0.4) is 0 Å². The Kier molecular flexibility index (Phi) is 3.99. The van der Waals surface area contributed by atoms with E-state index < -0.39 is 0 Å². The van der Waals surface area contributed by atoms with E-state index in [0.717, 1.165) is 17.7 Å². The van der Waals surface area contributed by atoms with Gasteiger partial charge in [0.05, 0.1) is 7.11 Å². The van der Waals surface area contributed by atoms with E-state index in [1.165, 1.54) is 43.4 Å². The number of rotatable bonds is 7. The quantitative estimate of drug-likeness (QED) is 0.831. The summed E-state index contributed by atoms with van der Waals surface area (Å²) < 4.78 is 5.36. The number of nitrogens with zero attached hydrogens (tertiary/aromatic N) is 1. The van der Waals surface area contributed by atoms with Gasteiger partial charge in [-0.2, -0.15) is 0 Å². The minimum absolute atomic E-state index is 0.368. The number of hydrogen-bond acceptors (Lipinski definition) is 3. The highest BCUT2D eigenvalue weighted by atomic mass is 16.5. The first-order valence-electron chi connectivity index (χ1n) is 7.83. The molecular weight excluding hydrogens is 248 g/mol. The van der Waals surface area contributed by atoms with Crippen LogP contribution in [0.15, 0.2) is 18.2 Å². The van der Waals surface area contributed by atoms with Crippen LogP contribution in [0, 0.1) is 12.8 Å². The van der Waals surface area contributed by atoms with Crippen LogP contribution in [0.4, 0.5) is 0 Å². The second-order valence-corrected chi connectivity index (χ2v) is 6.35. The maximum Gasteiger partial charge on any atom is 0.121 e. The van der Waals surface area contributed by atoms with Gasteiger partial charge in [0.25, 0.3) is 0 Å². The smallest absolute Gasteiger partial charge is 0.121 e. The summed E-state index contributed by atoms with van der Waals surface area (Å²) in [6.07, 6.45) is 5.50. The van der Waals surface area contributed by atoms with Gasteiger partial charge in [0.1, 0.15) is 5.75 Å². The van der Waals surface area contributed by atoms with Gasteiger partial charge in [0.2, 0.25) is 0 Å². The molecule has 110 valence electrons. The minimum atomic E-state index is 0.368. The van der Waals surface area contributed by atoms with Crippen molar-refractivity contribution in [3.63, 3.8) is 0 Å².